The maximum Gasteiger partial charge on any atom is 0.276 e. The van der Waals surface area contributed by atoms with E-state index in [-0.39, 0.29) is 17.7 Å². The Morgan fingerprint density at radius 2 is 1.43 bits per heavy atom. The van der Waals surface area contributed by atoms with Crippen LogP contribution in [-0.4, -0.2) is 27.6 Å². The maximum absolute atomic E-state index is 13.3. The second-order valence-electron chi connectivity index (χ2n) is 7.24. The first kappa shape index (κ1) is 17.1. The third kappa shape index (κ3) is 2.09. The average molecular weight is 436 g/mol. The molecule has 0 saturated carbocycles. The summed E-state index contributed by atoms with van der Waals surface area (Å²) in [6.45, 7) is 0. The highest BCUT2D eigenvalue weighted by Gasteiger charge is 2.59. The van der Waals surface area contributed by atoms with E-state index in [4.69, 9.17) is 5.26 Å². The number of alkyl halides is 1. The van der Waals surface area contributed by atoms with Crippen molar-refractivity contribution in [3.8, 4) is 6.07 Å². The molecule has 0 aromatic heterocycles. The van der Waals surface area contributed by atoms with Gasteiger partial charge in [-0.25, -0.2) is 0 Å². The molecule has 3 atom stereocenters. The molecule has 1 aliphatic heterocycles. The minimum absolute atomic E-state index is 0.237. The number of hydrogen-bond acceptors (Lipinski definition) is 4. The van der Waals surface area contributed by atoms with Crippen LogP contribution in [0.5, 0.6) is 0 Å². The molecule has 3 aliphatic carbocycles. The van der Waals surface area contributed by atoms with Crippen molar-refractivity contribution in [1.29, 1.82) is 5.26 Å². The number of benzene rings is 2. The minimum Gasteiger partial charge on any atom is -0.273 e. The van der Waals surface area contributed by atoms with Gasteiger partial charge in [-0.2, -0.15) is 10.3 Å². The van der Waals surface area contributed by atoms with E-state index in [0.717, 1.165) is 27.3 Å². The fourth-order valence-corrected chi connectivity index (χ4v) is 5.21. The lowest BCUT2D eigenvalue weighted by Gasteiger charge is -2.52. The quantitative estimate of drug-likeness (QED) is 0.695. The van der Waals surface area contributed by atoms with Gasteiger partial charge in [-0.15, -0.1) is 0 Å². The first-order valence-electron chi connectivity index (χ1n) is 8.94. The minimum atomic E-state index is -1.20. The third-order valence-corrected chi connectivity index (χ3v) is 6.61. The van der Waals surface area contributed by atoms with E-state index in [9.17, 15) is 14.4 Å². The number of amides is 3. The molecule has 28 heavy (non-hydrogen) atoms. The van der Waals surface area contributed by atoms with Crippen LogP contribution in [0, 0.1) is 23.2 Å². The number of rotatable bonds is 1. The Morgan fingerprint density at radius 1 is 0.964 bits per heavy atom. The van der Waals surface area contributed by atoms with Gasteiger partial charge in [0.15, 0.2) is 4.83 Å². The Hall–Kier alpha value is -2.98. The van der Waals surface area contributed by atoms with Gasteiger partial charge >= 0.3 is 0 Å². The standard InChI is InChI=1S/C21H14BrN3O3/c22-14(9-23)20(27)25-21(28)18-16-12-7-3-1-5-10(12)15(17(18)19(26)24-25)11-6-2-4-8-13(11)16/h1-8,14-18H,(H,24,26). The number of carbonyl (C=O) groups is 3. The Kier molecular flexibility index (Phi) is 3.68. The smallest absolute Gasteiger partial charge is 0.273 e. The number of imide groups is 1. The average Bonchev–Trinajstić information content (AvgIpc) is 2.74. The molecule has 1 N–H and O–H groups in total. The summed E-state index contributed by atoms with van der Waals surface area (Å²) >= 11 is 2.95. The Bertz CT molecular complexity index is 1040. The summed E-state index contributed by atoms with van der Waals surface area (Å²) < 4.78 is 0. The first-order chi connectivity index (χ1) is 13.5. The zero-order valence-corrected chi connectivity index (χ0v) is 16.1. The van der Waals surface area contributed by atoms with E-state index in [1.54, 1.807) is 6.07 Å². The zero-order valence-electron chi connectivity index (χ0n) is 14.5. The third-order valence-electron chi connectivity index (χ3n) is 6.02. The van der Waals surface area contributed by atoms with Crippen LogP contribution < -0.4 is 5.43 Å². The van der Waals surface area contributed by atoms with Crippen LogP contribution in [-0.2, 0) is 14.4 Å². The van der Waals surface area contributed by atoms with E-state index < -0.39 is 28.5 Å². The van der Waals surface area contributed by atoms with Crippen molar-refractivity contribution in [3.63, 3.8) is 0 Å². The fraction of sp³-hybridized carbons (Fsp3) is 0.238. The van der Waals surface area contributed by atoms with Crippen molar-refractivity contribution >= 4 is 33.7 Å². The summed E-state index contributed by atoms with van der Waals surface area (Å²) in [4.78, 5) is 37.7. The van der Waals surface area contributed by atoms with Gasteiger partial charge in [0.05, 0.1) is 17.9 Å². The van der Waals surface area contributed by atoms with Crippen LogP contribution in [0.2, 0.25) is 0 Å². The molecule has 138 valence electrons. The lowest BCUT2D eigenvalue weighted by atomic mass is 9.53. The van der Waals surface area contributed by atoms with E-state index >= 15 is 0 Å². The molecule has 4 aliphatic rings. The molecule has 0 spiro atoms. The van der Waals surface area contributed by atoms with Gasteiger partial charge in [0, 0.05) is 11.8 Å². The van der Waals surface area contributed by atoms with E-state index in [1.165, 1.54) is 0 Å². The second kappa shape index (κ2) is 6.01. The van der Waals surface area contributed by atoms with Gasteiger partial charge in [0.1, 0.15) is 0 Å². The molecule has 2 aromatic carbocycles. The van der Waals surface area contributed by atoms with Gasteiger partial charge in [-0.3, -0.25) is 19.8 Å². The predicted octanol–water partition coefficient (Wildman–Crippen LogP) is 2.20. The summed E-state index contributed by atoms with van der Waals surface area (Å²) in [5, 5.41) is 9.74. The highest BCUT2D eigenvalue weighted by molar-refractivity contribution is 9.10. The number of nitrogens with one attached hydrogen (secondary N) is 1. The second-order valence-corrected chi connectivity index (χ2v) is 8.16. The molecule has 6 nitrogen and oxygen atoms in total. The lowest BCUT2D eigenvalue weighted by Crippen LogP contribution is -2.65. The molecule has 1 heterocycles. The summed E-state index contributed by atoms with van der Waals surface area (Å²) in [6.07, 6.45) is 0. The van der Waals surface area contributed by atoms with E-state index in [2.05, 4.69) is 21.4 Å². The summed E-state index contributed by atoms with van der Waals surface area (Å²) in [5.74, 6) is -3.40. The van der Waals surface area contributed by atoms with Crippen molar-refractivity contribution in [2.75, 3.05) is 0 Å². The van der Waals surface area contributed by atoms with Crippen LogP contribution in [0.4, 0.5) is 0 Å². The predicted molar refractivity (Wildman–Crippen MR) is 102 cm³/mol. The summed E-state index contributed by atoms with van der Waals surface area (Å²) in [5.41, 5.74) is 6.62. The van der Waals surface area contributed by atoms with Crippen LogP contribution in [0.25, 0.3) is 0 Å². The normalized spacial score (nSPS) is 27.8. The number of carbonyl (C=O) groups excluding carboxylic acids is 3. The van der Waals surface area contributed by atoms with Gasteiger partial charge in [-0.05, 0) is 22.3 Å². The molecule has 7 heteroatoms. The van der Waals surface area contributed by atoms with Crippen LogP contribution in [0.15, 0.2) is 48.5 Å². The topological polar surface area (TPSA) is 90.3 Å². The Morgan fingerprint density at radius 3 is 1.89 bits per heavy atom. The zero-order chi connectivity index (χ0) is 19.6. The Labute approximate surface area is 169 Å². The maximum atomic E-state index is 13.3. The van der Waals surface area contributed by atoms with Crippen LogP contribution >= 0.6 is 15.9 Å². The molecule has 1 saturated heterocycles. The van der Waals surface area contributed by atoms with E-state index in [0.29, 0.717) is 0 Å². The molecule has 0 radical (unpaired) electrons. The molecule has 1 fully saturated rings. The highest BCUT2D eigenvalue weighted by atomic mass is 79.9. The van der Waals surface area contributed by atoms with Gasteiger partial charge in [0.25, 0.3) is 11.8 Å². The highest BCUT2D eigenvalue weighted by Crippen LogP contribution is 2.59. The van der Waals surface area contributed by atoms with E-state index in [1.807, 2.05) is 48.5 Å². The molecule has 2 bridgehead atoms. The molecular weight excluding hydrogens is 422 g/mol. The van der Waals surface area contributed by atoms with Gasteiger partial charge < -0.3 is 0 Å². The molecule has 3 amide bonds. The van der Waals surface area contributed by atoms with Gasteiger partial charge in [-0.1, -0.05) is 64.5 Å². The molecule has 2 aromatic rings. The molecule has 3 unspecified atom stereocenters. The number of hydrogen-bond donors (Lipinski definition) is 1. The molecular formula is C21H14BrN3O3. The van der Waals surface area contributed by atoms with Crippen molar-refractivity contribution in [1.82, 2.24) is 10.4 Å². The molecule has 6 rings (SSSR count). The summed E-state index contributed by atoms with van der Waals surface area (Å²) in [6, 6.07) is 17.5. The number of hydrazine groups is 1. The SMILES string of the molecule is N#CC(Br)C(=O)N1NC(=O)C2C3c4ccccc4C(c4ccccc43)C2C1=O. The number of halogens is 1. The van der Waals surface area contributed by atoms with Crippen molar-refractivity contribution < 1.29 is 14.4 Å². The fourth-order valence-electron chi connectivity index (χ4n) is 5.01. The summed E-state index contributed by atoms with van der Waals surface area (Å²) in [7, 11) is 0. The number of nitrogens with zero attached hydrogens (tertiary/aromatic N) is 2. The first-order valence-corrected chi connectivity index (χ1v) is 9.85. The number of nitriles is 1. The van der Waals surface area contributed by atoms with Crippen LogP contribution in [0.1, 0.15) is 34.1 Å². The van der Waals surface area contributed by atoms with Crippen LogP contribution in [0.3, 0.4) is 0 Å². The monoisotopic (exact) mass is 435 g/mol. The Balaban J connectivity index is 1.69. The lowest BCUT2D eigenvalue weighted by molar-refractivity contribution is -0.166. The van der Waals surface area contributed by atoms with Crippen molar-refractivity contribution in [3.05, 3.63) is 70.8 Å². The largest absolute Gasteiger partial charge is 0.276 e. The van der Waals surface area contributed by atoms with Crippen molar-refractivity contribution in [2.24, 2.45) is 11.8 Å². The van der Waals surface area contributed by atoms with Crippen molar-refractivity contribution in [2.45, 2.75) is 16.7 Å². The van der Waals surface area contributed by atoms with Gasteiger partial charge in [0.2, 0.25) is 5.91 Å².